The number of primary sulfonamides is 1. The van der Waals surface area contributed by atoms with Gasteiger partial charge in [0.05, 0.1) is 6.54 Å². The number of carbonyl (C=O) groups excluding carboxylic acids is 1. The van der Waals surface area contributed by atoms with Crippen molar-refractivity contribution in [1.29, 1.82) is 0 Å². The van der Waals surface area contributed by atoms with Gasteiger partial charge in [-0.3, -0.25) is 0 Å². The van der Waals surface area contributed by atoms with Gasteiger partial charge in [-0.1, -0.05) is 0 Å². The molecule has 0 saturated heterocycles. The molecule has 21 heavy (non-hydrogen) atoms. The minimum atomic E-state index is -3.72. The minimum absolute atomic E-state index is 0.0400. The van der Waals surface area contributed by atoms with Crippen LogP contribution in [0.3, 0.4) is 0 Å². The first kappa shape index (κ1) is 15.4. The number of anilines is 1. The maximum absolute atomic E-state index is 12.7. The van der Waals surface area contributed by atoms with Crippen LogP contribution in [0.1, 0.15) is 4.88 Å². The number of nitrogens with one attached hydrogen (secondary N) is 2. The van der Waals surface area contributed by atoms with E-state index in [9.17, 15) is 17.6 Å². The maximum atomic E-state index is 12.7. The van der Waals surface area contributed by atoms with E-state index in [1.54, 1.807) is 6.07 Å². The number of carbonyl (C=O) groups is 1. The van der Waals surface area contributed by atoms with Crippen molar-refractivity contribution in [3.63, 3.8) is 0 Å². The van der Waals surface area contributed by atoms with E-state index < -0.39 is 21.9 Å². The number of urea groups is 1. The molecule has 0 aliphatic carbocycles. The molecule has 0 aliphatic rings. The van der Waals surface area contributed by atoms with Crippen molar-refractivity contribution in [2.75, 3.05) is 5.32 Å². The zero-order chi connectivity index (χ0) is 15.5. The summed E-state index contributed by atoms with van der Waals surface area (Å²) in [5.41, 5.74) is 0.449. The third-order valence-corrected chi connectivity index (χ3v) is 4.97. The normalized spacial score (nSPS) is 11.1. The number of rotatable bonds is 4. The monoisotopic (exact) mass is 329 g/mol. The molecule has 112 valence electrons. The van der Waals surface area contributed by atoms with Gasteiger partial charge in [-0.25, -0.2) is 22.7 Å². The zero-order valence-corrected chi connectivity index (χ0v) is 12.3. The van der Waals surface area contributed by atoms with Gasteiger partial charge in [-0.15, -0.1) is 11.3 Å². The molecule has 6 nitrogen and oxygen atoms in total. The summed E-state index contributed by atoms with van der Waals surface area (Å²) in [5.74, 6) is -0.393. The highest BCUT2D eigenvalue weighted by Crippen LogP contribution is 2.20. The fourth-order valence-electron chi connectivity index (χ4n) is 1.48. The predicted molar refractivity (Wildman–Crippen MR) is 78.0 cm³/mol. The van der Waals surface area contributed by atoms with Crippen LogP contribution in [0.5, 0.6) is 0 Å². The van der Waals surface area contributed by atoms with E-state index >= 15 is 0 Å². The third kappa shape index (κ3) is 4.52. The fraction of sp³-hybridized carbons (Fsp3) is 0.0833. The second-order valence-electron chi connectivity index (χ2n) is 4.08. The minimum Gasteiger partial charge on any atom is -0.333 e. The van der Waals surface area contributed by atoms with E-state index in [4.69, 9.17) is 5.14 Å². The summed E-state index contributed by atoms with van der Waals surface area (Å²) in [6.07, 6.45) is 0. The molecule has 1 heterocycles. The smallest absolute Gasteiger partial charge is 0.319 e. The standard InChI is InChI=1S/C12H12FN3O3S2/c13-8-1-3-9(4-2-8)16-12(17)15-7-10-5-6-11(20-10)21(14,18)19/h1-6H,7H2,(H2,14,18,19)(H2,15,16,17). The summed E-state index contributed by atoms with van der Waals surface area (Å²) < 4.78 is 35.0. The molecule has 1 aromatic carbocycles. The molecule has 0 radical (unpaired) electrons. The van der Waals surface area contributed by atoms with Crippen molar-refractivity contribution in [2.45, 2.75) is 10.8 Å². The summed E-state index contributed by atoms with van der Waals surface area (Å²) in [7, 11) is -3.72. The van der Waals surface area contributed by atoms with Crippen LogP contribution >= 0.6 is 11.3 Å². The van der Waals surface area contributed by atoms with Crippen molar-refractivity contribution in [1.82, 2.24) is 5.32 Å². The van der Waals surface area contributed by atoms with E-state index in [1.165, 1.54) is 30.3 Å². The second-order valence-corrected chi connectivity index (χ2v) is 7.04. The Hall–Kier alpha value is -1.97. The lowest BCUT2D eigenvalue weighted by atomic mass is 10.3. The van der Waals surface area contributed by atoms with Gasteiger partial charge in [0.2, 0.25) is 10.0 Å². The topological polar surface area (TPSA) is 101 Å². The number of hydrogen-bond acceptors (Lipinski definition) is 4. The first-order chi connectivity index (χ1) is 9.84. The molecule has 2 aromatic rings. The molecule has 0 spiro atoms. The van der Waals surface area contributed by atoms with Gasteiger partial charge in [0.15, 0.2) is 0 Å². The SMILES string of the molecule is NS(=O)(=O)c1ccc(CNC(=O)Nc2ccc(F)cc2)s1. The number of thiophene rings is 1. The number of halogens is 1. The molecule has 2 amide bonds. The molecule has 1 aromatic heterocycles. The number of hydrogen-bond donors (Lipinski definition) is 3. The van der Waals surface area contributed by atoms with Gasteiger partial charge in [0.25, 0.3) is 0 Å². The summed E-state index contributed by atoms with van der Waals surface area (Å²) >= 11 is 0.985. The molecule has 0 saturated carbocycles. The Morgan fingerprint density at radius 2 is 1.86 bits per heavy atom. The number of benzene rings is 1. The number of amides is 2. The predicted octanol–water partition coefficient (Wildman–Crippen LogP) is 1.86. The van der Waals surface area contributed by atoms with E-state index in [2.05, 4.69) is 10.6 Å². The molecular formula is C12H12FN3O3S2. The van der Waals surface area contributed by atoms with Gasteiger partial charge >= 0.3 is 6.03 Å². The quantitative estimate of drug-likeness (QED) is 0.798. The van der Waals surface area contributed by atoms with Gasteiger partial charge in [-0.2, -0.15) is 0 Å². The van der Waals surface area contributed by atoms with Crippen LogP contribution in [0.4, 0.5) is 14.9 Å². The lowest BCUT2D eigenvalue weighted by Crippen LogP contribution is -2.27. The molecule has 0 unspecified atom stereocenters. The van der Waals surface area contributed by atoms with Gasteiger partial charge in [0.1, 0.15) is 10.0 Å². The largest absolute Gasteiger partial charge is 0.333 e. The highest BCUT2D eigenvalue weighted by atomic mass is 32.2. The van der Waals surface area contributed by atoms with Gasteiger partial charge < -0.3 is 10.6 Å². The van der Waals surface area contributed by atoms with Crippen molar-refractivity contribution >= 4 is 33.1 Å². The Bertz CT molecular complexity index is 741. The van der Waals surface area contributed by atoms with E-state index in [-0.39, 0.29) is 10.8 Å². The molecule has 2 rings (SSSR count). The number of sulfonamides is 1. The Balaban J connectivity index is 1.89. The van der Waals surface area contributed by atoms with E-state index in [1.807, 2.05) is 0 Å². The highest BCUT2D eigenvalue weighted by Gasteiger charge is 2.11. The molecule has 0 aliphatic heterocycles. The maximum Gasteiger partial charge on any atom is 0.319 e. The summed E-state index contributed by atoms with van der Waals surface area (Å²) in [6, 6.07) is 7.79. The van der Waals surface area contributed by atoms with E-state index in [0.717, 1.165) is 11.3 Å². The van der Waals surface area contributed by atoms with Gasteiger partial charge in [-0.05, 0) is 36.4 Å². The van der Waals surface area contributed by atoms with E-state index in [0.29, 0.717) is 10.6 Å². The molecule has 0 bridgehead atoms. The van der Waals surface area contributed by atoms with Crippen LogP contribution in [-0.2, 0) is 16.6 Å². The van der Waals surface area contributed by atoms with Crippen molar-refractivity contribution in [2.24, 2.45) is 5.14 Å². The van der Waals surface area contributed by atoms with Crippen LogP contribution in [-0.4, -0.2) is 14.4 Å². The third-order valence-electron chi connectivity index (χ3n) is 2.44. The van der Waals surface area contributed by atoms with Gasteiger partial charge in [0, 0.05) is 10.6 Å². The van der Waals surface area contributed by atoms with Crippen molar-refractivity contribution < 1.29 is 17.6 Å². The van der Waals surface area contributed by atoms with Crippen LogP contribution in [0.25, 0.3) is 0 Å². The van der Waals surface area contributed by atoms with Crippen molar-refractivity contribution in [3.05, 3.63) is 47.1 Å². The van der Waals surface area contributed by atoms with Crippen LogP contribution in [0.2, 0.25) is 0 Å². The first-order valence-corrected chi connectivity index (χ1v) is 8.13. The Morgan fingerprint density at radius 3 is 2.43 bits per heavy atom. The molecule has 0 fully saturated rings. The highest BCUT2D eigenvalue weighted by molar-refractivity contribution is 7.91. The fourth-order valence-corrected chi connectivity index (χ4v) is 3.20. The first-order valence-electron chi connectivity index (χ1n) is 5.76. The average molecular weight is 329 g/mol. The summed E-state index contributed by atoms with van der Waals surface area (Å²) in [6.45, 7) is 0.160. The lowest BCUT2D eigenvalue weighted by Gasteiger charge is -2.06. The Labute approximate surface area is 124 Å². The Morgan fingerprint density at radius 1 is 1.19 bits per heavy atom. The molecule has 0 atom stereocenters. The molecule has 4 N–H and O–H groups in total. The van der Waals surface area contributed by atoms with Crippen molar-refractivity contribution in [3.8, 4) is 0 Å². The Kier molecular flexibility index (Phi) is 4.56. The molecule has 9 heteroatoms. The second kappa shape index (κ2) is 6.20. The summed E-state index contributed by atoms with van der Waals surface area (Å²) in [4.78, 5) is 12.3. The van der Waals surface area contributed by atoms with Crippen LogP contribution in [0.15, 0.2) is 40.6 Å². The molecular weight excluding hydrogens is 317 g/mol. The lowest BCUT2D eigenvalue weighted by molar-refractivity contribution is 0.252. The number of nitrogens with two attached hydrogens (primary N) is 1. The van der Waals surface area contributed by atoms with Crippen LogP contribution < -0.4 is 15.8 Å². The summed E-state index contributed by atoms with van der Waals surface area (Å²) in [5, 5.41) is 10.1. The average Bonchev–Trinajstić information content (AvgIpc) is 2.88. The zero-order valence-electron chi connectivity index (χ0n) is 10.7. The van der Waals surface area contributed by atoms with Crippen LogP contribution in [0, 0.1) is 5.82 Å².